The van der Waals surface area contributed by atoms with Crippen LogP contribution in [0.5, 0.6) is 0 Å². The molecule has 0 saturated heterocycles. The summed E-state index contributed by atoms with van der Waals surface area (Å²) in [5, 5.41) is 2.96. The van der Waals surface area contributed by atoms with Crippen molar-refractivity contribution in [3.8, 4) is 0 Å². The first kappa shape index (κ1) is 6.95. The lowest BCUT2D eigenvalue weighted by Gasteiger charge is -1.96. The Morgan fingerprint density at radius 3 is 2.80 bits per heavy atom. The Kier molecular flexibility index (Phi) is 2.17. The van der Waals surface area contributed by atoms with Crippen LogP contribution in [-0.2, 0) is 6.54 Å². The highest BCUT2D eigenvalue weighted by molar-refractivity contribution is 5.22. The van der Waals surface area contributed by atoms with Crippen molar-refractivity contribution < 1.29 is 0 Å². The third-order valence-electron chi connectivity index (χ3n) is 1.08. The molecular weight excluding hydrogens is 128 g/mol. The topological polar surface area (TPSA) is 63.8 Å². The van der Waals surface area contributed by atoms with Crippen LogP contribution in [0.3, 0.4) is 0 Å². The van der Waals surface area contributed by atoms with E-state index < -0.39 is 0 Å². The number of aromatic nitrogens is 2. The van der Waals surface area contributed by atoms with E-state index in [1.54, 1.807) is 12.4 Å². The van der Waals surface area contributed by atoms with Crippen molar-refractivity contribution in [1.29, 1.82) is 0 Å². The maximum absolute atomic E-state index is 5.33. The maximum atomic E-state index is 5.33. The van der Waals surface area contributed by atoms with Gasteiger partial charge in [-0.15, -0.1) is 0 Å². The smallest absolute Gasteiger partial charge is 0.141 e. The molecule has 0 aliphatic heterocycles. The summed E-state index contributed by atoms with van der Waals surface area (Å²) in [6.45, 7) is 0.729. The molecule has 0 aliphatic carbocycles. The van der Waals surface area contributed by atoms with Gasteiger partial charge in [0.1, 0.15) is 5.82 Å². The highest BCUT2D eigenvalue weighted by Gasteiger charge is 1.90. The van der Waals surface area contributed by atoms with Crippen LogP contribution >= 0.6 is 0 Å². The van der Waals surface area contributed by atoms with Gasteiger partial charge in [0.05, 0.1) is 18.1 Å². The number of hydrogen-bond acceptors (Lipinski definition) is 4. The molecule has 4 heteroatoms. The van der Waals surface area contributed by atoms with Crippen molar-refractivity contribution in [1.82, 2.24) is 15.3 Å². The minimum Gasteiger partial charge on any atom is -0.382 e. The fourth-order valence-corrected chi connectivity index (χ4v) is 0.637. The molecule has 10 heavy (non-hydrogen) atoms. The zero-order chi connectivity index (χ0) is 7.40. The van der Waals surface area contributed by atoms with Crippen LogP contribution in [-0.4, -0.2) is 17.0 Å². The van der Waals surface area contributed by atoms with Crippen molar-refractivity contribution >= 4 is 5.82 Å². The molecule has 0 saturated carbocycles. The molecule has 0 bridgehead atoms. The first-order valence-electron chi connectivity index (χ1n) is 3.04. The standard InChI is InChI=1S/C6H10N4/c1-8-2-5-3-10-6(7)4-9-5/h3-4,8H,2H2,1H3,(H2,7,10). The Hall–Kier alpha value is -1.16. The third kappa shape index (κ3) is 1.66. The Bertz CT molecular complexity index is 193. The van der Waals surface area contributed by atoms with Crippen molar-refractivity contribution in [3.63, 3.8) is 0 Å². The predicted octanol–water partition coefficient (Wildman–Crippen LogP) is -0.222. The monoisotopic (exact) mass is 138 g/mol. The summed E-state index contributed by atoms with van der Waals surface area (Å²) >= 11 is 0. The van der Waals surface area contributed by atoms with Gasteiger partial charge in [-0.2, -0.15) is 0 Å². The molecular formula is C6H10N4. The van der Waals surface area contributed by atoms with Crippen molar-refractivity contribution in [2.75, 3.05) is 12.8 Å². The first-order valence-corrected chi connectivity index (χ1v) is 3.04. The molecule has 1 heterocycles. The van der Waals surface area contributed by atoms with Crippen LogP contribution in [0.1, 0.15) is 5.69 Å². The Morgan fingerprint density at radius 1 is 1.50 bits per heavy atom. The highest BCUT2D eigenvalue weighted by Crippen LogP contribution is 1.94. The lowest BCUT2D eigenvalue weighted by atomic mass is 10.4. The second-order valence-electron chi connectivity index (χ2n) is 1.96. The number of rotatable bonds is 2. The van der Waals surface area contributed by atoms with Gasteiger partial charge >= 0.3 is 0 Å². The molecule has 0 radical (unpaired) electrons. The van der Waals surface area contributed by atoms with Crippen LogP contribution in [0.4, 0.5) is 5.82 Å². The number of nitrogens with zero attached hydrogens (tertiary/aromatic N) is 2. The predicted molar refractivity (Wildman–Crippen MR) is 39.2 cm³/mol. The fraction of sp³-hybridized carbons (Fsp3) is 0.333. The van der Waals surface area contributed by atoms with Gasteiger partial charge in [-0.05, 0) is 7.05 Å². The van der Waals surface area contributed by atoms with Crippen LogP contribution in [0.25, 0.3) is 0 Å². The molecule has 1 aromatic heterocycles. The van der Waals surface area contributed by atoms with E-state index in [-0.39, 0.29) is 0 Å². The summed E-state index contributed by atoms with van der Waals surface area (Å²) in [5.74, 6) is 0.458. The lowest BCUT2D eigenvalue weighted by molar-refractivity contribution is 0.785. The Morgan fingerprint density at radius 2 is 2.30 bits per heavy atom. The van der Waals surface area contributed by atoms with Gasteiger partial charge < -0.3 is 11.1 Å². The van der Waals surface area contributed by atoms with Crippen molar-refractivity contribution in [3.05, 3.63) is 18.1 Å². The lowest BCUT2D eigenvalue weighted by Crippen LogP contribution is -2.07. The average molecular weight is 138 g/mol. The fourth-order valence-electron chi connectivity index (χ4n) is 0.637. The first-order chi connectivity index (χ1) is 4.83. The van der Waals surface area contributed by atoms with Gasteiger partial charge in [-0.3, -0.25) is 4.98 Å². The molecule has 0 aliphatic rings. The molecule has 0 fully saturated rings. The van der Waals surface area contributed by atoms with E-state index in [9.17, 15) is 0 Å². The van der Waals surface area contributed by atoms with Crippen LogP contribution < -0.4 is 11.1 Å². The molecule has 0 atom stereocenters. The van der Waals surface area contributed by atoms with Crippen LogP contribution in [0, 0.1) is 0 Å². The second-order valence-corrected chi connectivity index (χ2v) is 1.96. The molecule has 4 nitrogen and oxygen atoms in total. The van der Waals surface area contributed by atoms with Gasteiger partial charge in [0.2, 0.25) is 0 Å². The molecule has 3 N–H and O–H groups in total. The molecule has 0 spiro atoms. The molecule has 0 amide bonds. The summed E-state index contributed by atoms with van der Waals surface area (Å²) in [6.07, 6.45) is 3.21. The Balaban J connectivity index is 2.69. The summed E-state index contributed by atoms with van der Waals surface area (Å²) in [7, 11) is 1.86. The molecule has 1 aromatic rings. The van der Waals surface area contributed by atoms with Gasteiger partial charge in [0.25, 0.3) is 0 Å². The average Bonchev–Trinajstić information content (AvgIpc) is 1.95. The SMILES string of the molecule is CNCc1cnc(N)cn1. The summed E-state index contributed by atoms with van der Waals surface area (Å²) < 4.78 is 0. The van der Waals surface area contributed by atoms with E-state index in [1.165, 1.54) is 0 Å². The number of anilines is 1. The van der Waals surface area contributed by atoms with E-state index in [2.05, 4.69) is 15.3 Å². The summed E-state index contributed by atoms with van der Waals surface area (Å²) in [4.78, 5) is 7.89. The van der Waals surface area contributed by atoms with Crippen LogP contribution in [0.2, 0.25) is 0 Å². The molecule has 1 rings (SSSR count). The minimum absolute atomic E-state index is 0.458. The molecule has 54 valence electrons. The van der Waals surface area contributed by atoms with Gasteiger partial charge in [-0.1, -0.05) is 0 Å². The van der Waals surface area contributed by atoms with Crippen molar-refractivity contribution in [2.45, 2.75) is 6.54 Å². The zero-order valence-electron chi connectivity index (χ0n) is 5.83. The number of nitrogens with two attached hydrogens (primary N) is 1. The van der Waals surface area contributed by atoms with Gasteiger partial charge in [-0.25, -0.2) is 4.98 Å². The van der Waals surface area contributed by atoms with E-state index >= 15 is 0 Å². The summed E-state index contributed by atoms with van der Waals surface area (Å²) in [6, 6.07) is 0. The highest BCUT2D eigenvalue weighted by atomic mass is 14.9. The molecule has 0 unspecified atom stereocenters. The quantitative estimate of drug-likeness (QED) is 0.593. The normalized spacial score (nSPS) is 9.70. The second kappa shape index (κ2) is 3.12. The van der Waals surface area contributed by atoms with E-state index in [0.717, 1.165) is 12.2 Å². The minimum atomic E-state index is 0.458. The van der Waals surface area contributed by atoms with Crippen LogP contribution in [0.15, 0.2) is 12.4 Å². The number of nitrogen functional groups attached to an aromatic ring is 1. The Labute approximate surface area is 59.5 Å². The third-order valence-corrected chi connectivity index (χ3v) is 1.08. The largest absolute Gasteiger partial charge is 0.382 e. The van der Waals surface area contributed by atoms with Gasteiger partial charge in [0.15, 0.2) is 0 Å². The van der Waals surface area contributed by atoms with E-state index in [4.69, 9.17) is 5.73 Å². The van der Waals surface area contributed by atoms with E-state index in [1.807, 2.05) is 7.05 Å². The molecule has 0 aromatic carbocycles. The number of nitrogens with one attached hydrogen (secondary N) is 1. The summed E-state index contributed by atoms with van der Waals surface area (Å²) in [5.41, 5.74) is 6.23. The van der Waals surface area contributed by atoms with Gasteiger partial charge in [0, 0.05) is 6.54 Å². The number of hydrogen-bond donors (Lipinski definition) is 2. The van der Waals surface area contributed by atoms with Crippen molar-refractivity contribution in [2.24, 2.45) is 0 Å². The zero-order valence-corrected chi connectivity index (χ0v) is 5.83. The van der Waals surface area contributed by atoms with E-state index in [0.29, 0.717) is 5.82 Å². The maximum Gasteiger partial charge on any atom is 0.141 e.